The molecule has 0 bridgehead atoms. The van der Waals surface area contributed by atoms with Gasteiger partial charge in [-0.25, -0.2) is 23.9 Å². The zero-order chi connectivity index (χ0) is 24.7. The number of hydrogen-bond acceptors (Lipinski definition) is 9. The Bertz CT molecular complexity index is 997. The third-order valence-corrected chi connectivity index (χ3v) is 5.37. The Labute approximate surface area is 197 Å². The van der Waals surface area contributed by atoms with Crippen LogP contribution in [0.25, 0.3) is 0 Å². The first kappa shape index (κ1) is 25.2. The predicted octanol–water partition coefficient (Wildman–Crippen LogP) is 3.93. The van der Waals surface area contributed by atoms with Crippen LogP contribution in [0.4, 0.5) is 26.5 Å². The van der Waals surface area contributed by atoms with E-state index in [1.807, 2.05) is 25.8 Å². The van der Waals surface area contributed by atoms with E-state index in [1.54, 1.807) is 11.1 Å². The molecular weight excluding hydrogens is 445 g/mol. The number of hydroxylamine groups is 2. The number of nitrogens with one attached hydrogen (secondary N) is 1. The van der Waals surface area contributed by atoms with Crippen molar-refractivity contribution in [1.29, 1.82) is 0 Å². The summed E-state index contributed by atoms with van der Waals surface area (Å²) in [6, 6.07) is 5.34. The summed E-state index contributed by atoms with van der Waals surface area (Å²) in [5.41, 5.74) is -0.00773. The Hall–Kier alpha value is -3.47. The van der Waals surface area contributed by atoms with E-state index in [9.17, 15) is 14.0 Å². The Kier molecular flexibility index (Phi) is 8.58. The van der Waals surface area contributed by atoms with Crippen molar-refractivity contribution in [3.8, 4) is 0 Å². The largest absolute Gasteiger partial charge is 0.527 e. The van der Waals surface area contributed by atoms with Gasteiger partial charge in [0.1, 0.15) is 23.8 Å². The highest BCUT2D eigenvalue weighted by Gasteiger charge is 2.24. The van der Waals surface area contributed by atoms with Gasteiger partial charge in [0.2, 0.25) is 0 Å². The summed E-state index contributed by atoms with van der Waals surface area (Å²) in [4.78, 5) is 38.4. The normalized spacial score (nSPS) is 14.6. The zero-order valence-electron chi connectivity index (χ0n) is 19.5. The second kappa shape index (κ2) is 11.6. The van der Waals surface area contributed by atoms with Gasteiger partial charge in [0.05, 0.1) is 17.9 Å². The average molecular weight is 476 g/mol. The molecule has 1 aromatic heterocycles. The number of aromatic carboxylic acids is 1. The van der Waals surface area contributed by atoms with Crippen LogP contribution in [0.1, 0.15) is 37.0 Å². The van der Waals surface area contributed by atoms with Crippen LogP contribution in [0.3, 0.4) is 0 Å². The summed E-state index contributed by atoms with van der Waals surface area (Å²) in [7, 11) is 1.92. The van der Waals surface area contributed by atoms with Gasteiger partial charge in [-0.3, -0.25) is 0 Å². The lowest BCUT2D eigenvalue weighted by Gasteiger charge is -2.32. The van der Waals surface area contributed by atoms with E-state index >= 15 is 0 Å². The molecule has 184 valence electrons. The third-order valence-electron chi connectivity index (χ3n) is 5.37. The van der Waals surface area contributed by atoms with Crippen molar-refractivity contribution < 1.29 is 28.7 Å². The molecule has 0 atom stereocenters. The van der Waals surface area contributed by atoms with Crippen molar-refractivity contribution in [2.45, 2.75) is 26.7 Å². The van der Waals surface area contributed by atoms with Crippen LogP contribution in [0, 0.1) is 17.7 Å². The number of piperidine rings is 1. The molecule has 1 aromatic carbocycles. The van der Waals surface area contributed by atoms with E-state index in [0.29, 0.717) is 37.3 Å². The van der Waals surface area contributed by atoms with Crippen molar-refractivity contribution >= 4 is 29.4 Å². The first-order valence-electron chi connectivity index (χ1n) is 11.1. The highest BCUT2D eigenvalue weighted by molar-refractivity contribution is 5.88. The van der Waals surface area contributed by atoms with Crippen LogP contribution >= 0.6 is 0 Å². The van der Waals surface area contributed by atoms with E-state index in [1.165, 1.54) is 18.5 Å². The quantitative estimate of drug-likeness (QED) is 0.517. The van der Waals surface area contributed by atoms with Crippen molar-refractivity contribution in [2.75, 3.05) is 43.5 Å². The first-order chi connectivity index (χ1) is 16.2. The molecule has 0 amide bonds. The molecule has 0 spiro atoms. The maximum atomic E-state index is 14.2. The third kappa shape index (κ3) is 7.27. The molecule has 0 radical (unpaired) electrons. The molecule has 2 heterocycles. The molecular formula is C23H30FN5O5. The number of carbonyl (C=O) groups excluding carboxylic acids is 1. The van der Waals surface area contributed by atoms with Crippen molar-refractivity contribution in [1.82, 2.24) is 15.0 Å². The number of benzene rings is 1. The number of hydrogen-bond donors (Lipinski definition) is 2. The second-order valence-corrected chi connectivity index (χ2v) is 8.69. The Morgan fingerprint density at radius 3 is 2.65 bits per heavy atom. The maximum absolute atomic E-state index is 14.2. The molecule has 1 aliphatic heterocycles. The van der Waals surface area contributed by atoms with Crippen molar-refractivity contribution in [3.63, 3.8) is 0 Å². The highest BCUT2D eigenvalue weighted by atomic mass is 19.1. The van der Waals surface area contributed by atoms with Gasteiger partial charge in [-0.2, -0.15) is 0 Å². The topological polar surface area (TPSA) is 117 Å². The second-order valence-electron chi connectivity index (χ2n) is 8.69. The van der Waals surface area contributed by atoms with Gasteiger partial charge < -0.3 is 24.9 Å². The van der Waals surface area contributed by atoms with Crippen LogP contribution in [-0.4, -0.2) is 65.6 Å². The number of ether oxygens (including phenoxy) is 1. The van der Waals surface area contributed by atoms with Crippen LogP contribution in [0.2, 0.25) is 0 Å². The fourth-order valence-corrected chi connectivity index (χ4v) is 3.54. The lowest BCUT2D eigenvalue weighted by Crippen LogP contribution is -2.39. The summed E-state index contributed by atoms with van der Waals surface area (Å²) >= 11 is 0. The molecule has 1 saturated heterocycles. The van der Waals surface area contributed by atoms with Gasteiger partial charge in [0.25, 0.3) is 0 Å². The van der Waals surface area contributed by atoms with Gasteiger partial charge in [-0.1, -0.05) is 13.8 Å². The molecule has 3 rings (SSSR count). The molecule has 2 N–H and O–H groups in total. The van der Waals surface area contributed by atoms with E-state index in [2.05, 4.69) is 15.3 Å². The molecule has 1 fully saturated rings. The fourth-order valence-electron chi connectivity index (χ4n) is 3.54. The lowest BCUT2D eigenvalue weighted by molar-refractivity contribution is -0.143. The Balaban J connectivity index is 1.51. The summed E-state index contributed by atoms with van der Waals surface area (Å²) in [5, 5.41) is 13.5. The smallest absolute Gasteiger partial charge is 0.478 e. The monoisotopic (exact) mass is 475 g/mol. The fraction of sp³-hybridized carbons (Fsp3) is 0.478. The number of carboxylic acids is 1. The van der Waals surface area contributed by atoms with Gasteiger partial charge in [-0.05, 0) is 42.9 Å². The minimum absolute atomic E-state index is 0.122. The molecule has 10 nitrogen and oxygen atoms in total. The maximum Gasteiger partial charge on any atom is 0.527 e. The van der Waals surface area contributed by atoms with Crippen molar-refractivity contribution in [2.24, 2.45) is 11.8 Å². The number of carboxylic acid groups (broad SMARTS) is 1. The van der Waals surface area contributed by atoms with Gasteiger partial charge in [0.15, 0.2) is 0 Å². The molecule has 11 heteroatoms. The lowest BCUT2D eigenvalue weighted by atomic mass is 9.97. The van der Waals surface area contributed by atoms with E-state index in [-0.39, 0.29) is 17.2 Å². The predicted molar refractivity (Wildman–Crippen MR) is 124 cm³/mol. The van der Waals surface area contributed by atoms with Crippen LogP contribution in [0.15, 0.2) is 30.6 Å². The van der Waals surface area contributed by atoms with Crippen LogP contribution in [0.5, 0.6) is 0 Å². The van der Waals surface area contributed by atoms with Crippen LogP contribution < -0.4 is 10.2 Å². The number of nitrogens with zero attached hydrogens (tertiary/aromatic N) is 4. The van der Waals surface area contributed by atoms with Gasteiger partial charge in [0, 0.05) is 32.7 Å². The molecule has 34 heavy (non-hydrogen) atoms. The molecule has 0 unspecified atom stereocenters. The van der Waals surface area contributed by atoms with E-state index in [4.69, 9.17) is 14.7 Å². The average Bonchev–Trinajstić information content (AvgIpc) is 2.80. The number of carbonyl (C=O) groups is 2. The number of halogens is 1. The first-order valence-corrected chi connectivity index (χ1v) is 11.1. The Morgan fingerprint density at radius 1 is 1.26 bits per heavy atom. The number of aromatic nitrogens is 2. The van der Waals surface area contributed by atoms with Crippen molar-refractivity contribution in [3.05, 3.63) is 42.0 Å². The Morgan fingerprint density at radius 2 is 2.00 bits per heavy atom. The summed E-state index contributed by atoms with van der Waals surface area (Å²) in [5.74, 6) is -0.194. The van der Waals surface area contributed by atoms with E-state index in [0.717, 1.165) is 25.5 Å². The molecule has 1 aliphatic rings. The SMILES string of the molecule is CC(C)COC(=O)ON1CCC(CN(C)c2cc(Nc3ccc(C(=O)O)cc3F)ncn2)CC1. The molecule has 2 aromatic rings. The number of rotatable bonds is 9. The standard InChI is InChI=1S/C23H30FN5O5/c1-15(2)13-33-23(32)34-29-8-6-16(7-9-29)12-28(3)21-11-20(25-14-26-21)27-19-5-4-17(22(30)31)10-18(19)24/h4-5,10-11,14-16H,6-9,12-13H2,1-3H3,(H,30,31)(H,25,26,27). The minimum Gasteiger partial charge on any atom is -0.478 e. The minimum atomic E-state index is -1.19. The summed E-state index contributed by atoms with van der Waals surface area (Å²) < 4.78 is 19.3. The highest BCUT2D eigenvalue weighted by Crippen LogP contribution is 2.24. The summed E-state index contributed by atoms with van der Waals surface area (Å²) in [6.07, 6.45) is 2.41. The van der Waals surface area contributed by atoms with E-state index < -0.39 is 17.9 Å². The molecule has 0 aliphatic carbocycles. The van der Waals surface area contributed by atoms with Gasteiger partial charge in [-0.15, -0.1) is 5.06 Å². The zero-order valence-corrected chi connectivity index (χ0v) is 19.5. The molecule has 0 saturated carbocycles. The van der Waals surface area contributed by atoms with Crippen LogP contribution in [-0.2, 0) is 9.57 Å². The van der Waals surface area contributed by atoms with Gasteiger partial charge >= 0.3 is 12.1 Å². The number of anilines is 3. The summed E-state index contributed by atoms with van der Waals surface area (Å²) in [6.45, 7) is 6.24.